The molecule has 110 valence electrons. The maximum absolute atomic E-state index is 12.0. The van der Waals surface area contributed by atoms with E-state index >= 15 is 0 Å². The number of nitrogens with zero attached hydrogens (tertiary/aromatic N) is 1. The molecule has 1 heterocycles. The number of aromatic nitrogens is 1. The van der Waals surface area contributed by atoms with Crippen LogP contribution in [0.15, 0.2) is 48.8 Å². The Bertz CT molecular complexity index is 585. The van der Waals surface area contributed by atoms with Gasteiger partial charge in [0.15, 0.2) is 0 Å². The van der Waals surface area contributed by atoms with E-state index in [9.17, 15) is 4.79 Å². The summed E-state index contributed by atoms with van der Waals surface area (Å²) in [6, 6.07) is 10.6. The molecule has 1 atom stereocenters. The lowest BCUT2D eigenvalue weighted by atomic mass is 10.2. The average molecular weight is 285 g/mol. The molecule has 5 heteroatoms. The van der Waals surface area contributed by atoms with Crippen LogP contribution >= 0.6 is 0 Å². The maximum atomic E-state index is 12.0. The number of amides is 1. The second kappa shape index (κ2) is 7.40. The number of hydrogen-bond acceptors (Lipinski definition) is 4. The first kappa shape index (κ1) is 15.0. The monoisotopic (exact) mass is 285 g/mol. The third-order valence-electron chi connectivity index (χ3n) is 2.87. The van der Waals surface area contributed by atoms with E-state index in [1.165, 1.54) is 0 Å². The van der Waals surface area contributed by atoms with E-state index in [0.717, 1.165) is 6.42 Å². The largest absolute Gasteiger partial charge is 0.457 e. The van der Waals surface area contributed by atoms with Crippen LogP contribution in [0.5, 0.6) is 11.5 Å². The topological polar surface area (TPSA) is 77.2 Å². The molecule has 0 aliphatic heterocycles. The molecule has 2 aromatic rings. The van der Waals surface area contributed by atoms with Crippen LogP contribution in [0, 0.1) is 0 Å². The van der Waals surface area contributed by atoms with Gasteiger partial charge >= 0.3 is 0 Å². The quantitative estimate of drug-likeness (QED) is 0.854. The Kier molecular flexibility index (Phi) is 5.29. The van der Waals surface area contributed by atoms with Gasteiger partial charge in [0.1, 0.15) is 11.5 Å². The number of pyridine rings is 1. The fourth-order valence-electron chi connectivity index (χ4n) is 1.76. The minimum atomic E-state index is -0.129. The van der Waals surface area contributed by atoms with Crippen molar-refractivity contribution in [3.63, 3.8) is 0 Å². The molecule has 0 saturated heterocycles. The second-order valence-corrected chi connectivity index (χ2v) is 4.83. The van der Waals surface area contributed by atoms with Crippen LogP contribution in [-0.2, 0) is 0 Å². The molecular weight excluding hydrogens is 266 g/mol. The summed E-state index contributed by atoms with van der Waals surface area (Å²) in [7, 11) is 0. The zero-order valence-corrected chi connectivity index (χ0v) is 12.0. The molecule has 0 saturated carbocycles. The number of nitrogens with two attached hydrogens (primary N) is 1. The minimum Gasteiger partial charge on any atom is -0.457 e. The van der Waals surface area contributed by atoms with Crippen molar-refractivity contribution in [2.75, 3.05) is 6.54 Å². The third kappa shape index (κ3) is 4.89. The van der Waals surface area contributed by atoms with Crippen molar-refractivity contribution in [3.05, 3.63) is 54.4 Å². The number of ether oxygens (including phenoxy) is 1. The van der Waals surface area contributed by atoms with Crippen LogP contribution in [0.1, 0.15) is 23.7 Å². The molecule has 0 aliphatic carbocycles. The van der Waals surface area contributed by atoms with E-state index in [-0.39, 0.29) is 11.9 Å². The molecule has 0 bridgehead atoms. The van der Waals surface area contributed by atoms with Gasteiger partial charge in [0, 0.05) is 30.5 Å². The maximum Gasteiger partial charge on any atom is 0.251 e. The van der Waals surface area contributed by atoms with Crippen LogP contribution in [0.2, 0.25) is 0 Å². The van der Waals surface area contributed by atoms with E-state index in [2.05, 4.69) is 10.3 Å². The number of benzene rings is 1. The lowest BCUT2D eigenvalue weighted by molar-refractivity contribution is 0.0952. The summed E-state index contributed by atoms with van der Waals surface area (Å²) in [6.07, 6.45) is 4.05. The van der Waals surface area contributed by atoms with Crippen LogP contribution in [-0.4, -0.2) is 23.5 Å². The van der Waals surface area contributed by atoms with E-state index < -0.39 is 0 Å². The standard InChI is InChI=1S/C16H19N3O2/c1-12(17)5-10-19-16(20)13-3-2-4-15(11-13)21-14-6-8-18-9-7-14/h2-4,6-9,11-12H,5,10,17H2,1H3,(H,19,20). The number of carbonyl (C=O) groups excluding carboxylic acids is 1. The van der Waals surface area contributed by atoms with Gasteiger partial charge in [0.25, 0.3) is 5.91 Å². The molecule has 3 N–H and O–H groups in total. The molecule has 1 unspecified atom stereocenters. The van der Waals surface area contributed by atoms with Gasteiger partial charge in [0.05, 0.1) is 0 Å². The average Bonchev–Trinajstić information content (AvgIpc) is 2.48. The zero-order valence-electron chi connectivity index (χ0n) is 12.0. The Morgan fingerprint density at radius 2 is 2.05 bits per heavy atom. The minimum absolute atomic E-state index is 0.0756. The van der Waals surface area contributed by atoms with E-state index in [1.54, 1.807) is 48.8 Å². The van der Waals surface area contributed by atoms with Gasteiger partial charge in [-0.2, -0.15) is 0 Å². The summed E-state index contributed by atoms with van der Waals surface area (Å²) in [5.74, 6) is 1.16. The Labute approximate surface area is 124 Å². The fraction of sp³-hybridized carbons (Fsp3) is 0.250. The molecule has 2 rings (SSSR count). The van der Waals surface area contributed by atoms with E-state index in [1.807, 2.05) is 6.92 Å². The van der Waals surface area contributed by atoms with Crippen molar-refractivity contribution in [1.29, 1.82) is 0 Å². The first-order valence-electron chi connectivity index (χ1n) is 6.87. The summed E-state index contributed by atoms with van der Waals surface area (Å²) in [5.41, 5.74) is 6.21. The van der Waals surface area contributed by atoms with Gasteiger partial charge in [-0.1, -0.05) is 6.07 Å². The Morgan fingerprint density at radius 1 is 1.29 bits per heavy atom. The predicted octanol–water partition coefficient (Wildman–Crippen LogP) is 2.34. The van der Waals surface area contributed by atoms with Crippen LogP contribution in [0.3, 0.4) is 0 Å². The van der Waals surface area contributed by atoms with Crippen LogP contribution < -0.4 is 15.8 Å². The third-order valence-corrected chi connectivity index (χ3v) is 2.87. The van der Waals surface area contributed by atoms with Crippen molar-refractivity contribution in [2.45, 2.75) is 19.4 Å². The highest BCUT2D eigenvalue weighted by Crippen LogP contribution is 2.21. The highest BCUT2D eigenvalue weighted by atomic mass is 16.5. The molecule has 5 nitrogen and oxygen atoms in total. The van der Waals surface area contributed by atoms with Gasteiger partial charge in [0.2, 0.25) is 0 Å². The summed E-state index contributed by atoms with van der Waals surface area (Å²) >= 11 is 0. The van der Waals surface area contributed by atoms with Crippen molar-refractivity contribution in [1.82, 2.24) is 10.3 Å². The Hall–Kier alpha value is -2.40. The first-order valence-corrected chi connectivity index (χ1v) is 6.87. The van der Waals surface area contributed by atoms with E-state index in [0.29, 0.717) is 23.6 Å². The van der Waals surface area contributed by atoms with Gasteiger partial charge in [-0.15, -0.1) is 0 Å². The van der Waals surface area contributed by atoms with Crippen molar-refractivity contribution < 1.29 is 9.53 Å². The van der Waals surface area contributed by atoms with Crippen LogP contribution in [0.25, 0.3) is 0 Å². The molecule has 0 aliphatic rings. The number of nitrogens with one attached hydrogen (secondary N) is 1. The molecule has 0 fully saturated rings. The zero-order chi connectivity index (χ0) is 15.1. The van der Waals surface area contributed by atoms with Gasteiger partial charge in [-0.25, -0.2) is 0 Å². The molecule has 21 heavy (non-hydrogen) atoms. The Morgan fingerprint density at radius 3 is 2.76 bits per heavy atom. The summed E-state index contributed by atoms with van der Waals surface area (Å²) < 4.78 is 5.67. The molecular formula is C16H19N3O2. The lowest BCUT2D eigenvalue weighted by Crippen LogP contribution is -2.28. The first-order chi connectivity index (χ1) is 10.1. The molecule has 0 spiro atoms. The van der Waals surface area contributed by atoms with E-state index in [4.69, 9.17) is 10.5 Å². The van der Waals surface area contributed by atoms with Crippen LogP contribution in [0.4, 0.5) is 0 Å². The summed E-state index contributed by atoms with van der Waals surface area (Å²) in [5, 5.41) is 2.84. The SMILES string of the molecule is CC(N)CCNC(=O)c1cccc(Oc2ccncc2)c1. The number of rotatable bonds is 6. The highest BCUT2D eigenvalue weighted by molar-refractivity contribution is 5.94. The van der Waals surface area contributed by atoms with Crippen molar-refractivity contribution in [3.8, 4) is 11.5 Å². The fourth-order valence-corrected chi connectivity index (χ4v) is 1.76. The molecule has 1 aromatic heterocycles. The summed E-state index contributed by atoms with van der Waals surface area (Å²) in [4.78, 5) is 15.9. The van der Waals surface area contributed by atoms with Gasteiger partial charge < -0.3 is 15.8 Å². The molecule has 1 amide bonds. The Balaban J connectivity index is 1.98. The van der Waals surface area contributed by atoms with Crippen molar-refractivity contribution in [2.24, 2.45) is 5.73 Å². The van der Waals surface area contributed by atoms with Gasteiger partial charge in [-0.3, -0.25) is 9.78 Å². The second-order valence-electron chi connectivity index (χ2n) is 4.83. The highest BCUT2D eigenvalue weighted by Gasteiger charge is 2.07. The van der Waals surface area contributed by atoms with Crippen molar-refractivity contribution >= 4 is 5.91 Å². The number of carbonyl (C=O) groups is 1. The summed E-state index contributed by atoms with van der Waals surface area (Å²) in [6.45, 7) is 2.47. The number of hydrogen-bond donors (Lipinski definition) is 2. The normalized spacial score (nSPS) is 11.7. The smallest absolute Gasteiger partial charge is 0.251 e. The lowest BCUT2D eigenvalue weighted by Gasteiger charge is -2.09. The predicted molar refractivity (Wildman–Crippen MR) is 81.4 cm³/mol. The van der Waals surface area contributed by atoms with Gasteiger partial charge in [-0.05, 0) is 43.7 Å². The molecule has 1 aromatic carbocycles. The molecule has 0 radical (unpaired) electrons.